The summed E-state index contributed by atoms with van der Waals surface area (Å²) in [4.78, 5) is 40.4. The molecule has 2 aromatic carbocycles. The average molecular weight is 522 g/mol. The Bertz CT molecular complexity index is 1080. The normalized spacial score (nSPS) is 12.9. The fourth-order valence-corrected chi connectivity index (χ4v) is 3.91. The van der Waals surface area contributed by atoms with Crippen molar-refractivity contribution in [3.8, 4) is 5.75 Å². The van der Waals surface area contributed by atoms with E-state index in [-0.39, 0.29) is 11.5 Å². The van der Waals surface area contributed by atoms with Crippen molar-refractivity contribution in [3.63, 3.8) is 0 Å². The zero-order valence-electron chi connectivity index (χ0n) is 20.7. The third-order valence-electron chi connectivity index (χ3n) is 5.16. The Balaban J connectivity index is 2.41. The molecule has 0 saturated heterocycles. The van der Waals surface area contributed by atoms with Crippen LogP contribution >= 0.6 is 24.2 Å². The zero-order chi connectivity index (χ0) is 26.5. The van der Waals surface area contributed by atoms with Gasteiger partial charge in [-0.15, -0.1) is 0 Å². The summed E-state index contributed by atoms with van der Waals surface area (Å²) < 4.78 is 5.25. The Kier molecular flexibility index (Phi) is 9.45. The van der Waals surface area contributed by atoms with Crippen molar-refractivity contribution in [2.24, 2.45) is 0 Å². The van der Waals surface area contributed by atoms with Crippen LogP contribution in [-0.2, 0) is 14.3 Å². The summed E-state index contributed by atoms with van der Waals surface area (Å²) in [5.74, 6) is -1.02. The minimum Gasteiger partial charge on any atom is -0.508 e. The minimum absolute atomic E-state index is 0.0189. The second-order valence-electron chi connectivity index (χ2n) is 9.20. The lowest BCUT2D eigenvalue weighted by Gasteiger charge is -2.31. The highest BCUT2D eigenvalue weighted by Crippen LogP contribution is 2.30. The topological polar surface area (TPSA) is 108 Å². The number of rotatable bonds is 7. The first-order valence-electron chi connectivity index (χ1n) is 11.0. The molecule has 190 valence electrons. The summed E-state index contributed by atoms with van der Waals surface area (Å²) in [5.41, 5.74) is 1.43. The second-order valence-corrected chi connectivity index (χ2v) is 9.97. The highest BCUT2D eigenvalue weighted by atomic mass is 35.5. The molecule has 2 atom stereocenters. The molecule has 0 aliphatic rings. The van der Waals surface area contributed by atoms with E-state index < -0.39 is 35.6 Å². The van der Waals surface area contributed by atoms with Crippen molar-refractivity contribution in [1.82, 2.24) is 10.2 Å². The highest BCUT2D eigenvalue weighted by molar-refractivity contribution is 7.80. The first-order chi connectivity index (χ1) is 16.2. The molecule has 2 aromatic rings. The number of aromatic hydroxyl groups is 1. The number of nitrogens with one attached hydrogen (secondary N) is 2. The first kappa shape index (κ1) is 28.3. The van der Waals surface area contributed by atoms with Gasteiger partial charge in [0.2, 0.25) is 5.91 Å². The third-order valence-corrected chi connectivity index (χ3v) is 5.84. The van der Waals surface area contributed by atoms with Gasteiger partial charge in [0, 0.05) is 12.8 Å². The van der Waals surface area contributed by atoms with Crippen molar-refractivity contribution < 1.29 is 24.2 Å². The molecule has 0 bridgehead atoms. The smallest absolute Gasteiger partial charge is 0.408 e. The van der Waals surface area contributed by atoms with Crippen LogP contribution < -0.4 is 10.6 Å². The lowest BCUT2D eigenvalue weighted by molar-refractivity contribution is -0.138. The number of aryl methyl sites for hydroxylation is 2. The number of hydrogen-bond acceptors (Lipinski definition) is 6. The predicted molar refractivity (Wildman–Crippen MR) is 140 cm³/mol. The highest BCUT2D eigenvalue weighted by Gasteiger charge is 2.34. The first-order valence-corrected chi connectivity index (χ1v) is 12.0. The van der Waals surface area contributed by atoms with E-state index in [1.54, 1.807) is 65.0 Å². The van der Waals surface area contributed by atoms with Crippen LogP contribution in [0.4, 0.5) is 10.5 Å². The summed E-state index contributed by atoms with van der Waals surface area (Å²) in [6.45, 7) is 8.62. The lowest BCUT2D eigenvalue weighted by Crippen LogP contribution is -2.52. The largest absolute Gasteiger partial charge is 0.508 e. The van der Waals surface area contributed by atoms with Gasteiger partial charge in [0.05, 0.1) is 10.7 Å². The molecule has 0 aliphatic heterocycles. The van der Waals surface area contributed by atoms with E-state index in [0.717, 1.165) is 5.56 Å². The number of likely N-dealkylation sites (N-methyl/N-ethyl adjacent to an activating group) is 1. The molecular weight excluding hydrogens is 490 g/mol. The lowest BCUT2D eigenvalue weighted by atomic mass is 10.0. The van der Waals surface area contributed by atoms with E-state index in [0.29, 0.717) is 21.8 Å². The average Bonchev–Trinajstić information content (AvgIpc) is 2.75. The summed E-state index contributed by atoms with van der Waals surface area (Å²) >= 11 is 10.5. The van der Waals surface area contributed by atoms with Gasteiger partial charge in [0.25, 0.3) is 5.91 Å². The van der Waals surface area contributed by atoms with Crippen LogP contribution in [0.15, 0.2) is 36.4 Å². The molecule has 3 N–H and O–H groups in total. The Morgan fingerprint density at radius 1 is 1.14 bits per heavy atom. The number of para-hydroxylation sites is 1. The Morgan fingerprint density at radius 3 is 2.34 bits per heavy atom. The van der Waals surface area contributed by atoms with Crippen LogP contribution in [0.2, 0.25) is 5.02 Å². The Morgan fingerprint density at radius 2 is 1.80 bits per heavy atom. The van der Waals surface area contributed by atoms with Gasteiger partial charge in [0.15, 0.2) is 0 Å². The number of nitrogens with zero attached hydrogens (tertiary/aromatic N) is 1. The number of phenolic OH excluding ortho intramolecular Hbond substituents is 1. The summed E-state index contributed by atoms with van der Waals surface area (Å²) in [7, 11) is 1.46. The maximum atomic E-state index is 13.5. The maximum Gasteiger partial charge on any atom is 0.408 e. The fourth-order valence-electron chi connectivity index (χ4n) is 3.39. The summed E-state index contributed by atoms with van der Waals surface area (Å²) in [5, 5.41) is 15.7. The quantitative estimate of drug-likeness (QED) is 0.397. The van der Waals surface area contributed by atoms with Gasteiger partial charge in [-0.25, -0.2) is 4.79 Å². The number of benzene rings is 2. The molecule has 3 amide bonds. The molecule has 0 radical (unpaired) electrons. The number of ether oxygens (including phenoxy) is 1. The number of hydrogen-bond donors (Lipinski definition) is 4. The molecular formula is C25H32ClN3O5S. The van der Waals surface area contributed by atoms with E-state index in [4.69, 9.17) is 16.3 Å². The molecule has 2 rings (SSSR count). The molecule has 0 fully saturated rings. The van der Waals surface area contributed by atoms with Crippen LogP contribution in [0, 0.1) is 13.8 Å². The predicted octanol–water partition coefficient (Wildman–Crippen LogP) is 4.62. The van der Waals surface area contributed by atoms with Crippen LogP contribution in [-0.4, -0.2) is 52.4 Å². The van der Waals surface area contributed by atoms with E-state index in [1.165, 1.54) is 18.0 Å². The molecule has 0 aromatic heterocycles. The zero-order valence-corrected chi connectivity index (χ0v) is 22.3. The number of amides is 3. The summed E-state index contributed by atoms with van der Waals surface area (Å²) in [6.07, 6.45) is -0.772. The molecule has 8 nitrogen and oxygen atoms in total. The van der Waals surface area contributed by atoms with Crippen LogP contribution in [0.1, 0.15) is 43.5 Å². The SMILES string of the molecule is Cc1cc(C(C(=O)Nc2c(C)cccc2Cl)N(C)C(=O)C(CS)NC(=O)OC(C)(C)C)ccc1O. The molecule has 0 saturated carbocycles. The van der Waals surface area contributed by atoms with Crippen molar-refractivity contribution in [1.29, 1.82) is 0 Å². The third kappa shape index (κ3) is 7.53. The Hall–Kier alpha value is -2.91. The van der Waals surface area contributed by atoms with Gasteiger partial charge >= 0.3 is 6.09 Å². The molecule has 10 heteroatoms. The van der Waals surface area contributed by atoms with Crippen LogP contribution in [0.5, 0.6) is 5.75 Å². The van der Waals surface area contributed by atoms with Crippen molar-refractivity contribution in [2.45, 2.75) is 52.3 Å². The van der Waals surface area contributed by atoms with Crippen LogP contribution in [0.3, 0.4) is 0 Å². The van der Waals surface area contributed by atoms with Gasteiger partial charge < -0.3 is 25.4 Å². The van der Waals surface area contributed by atoms with Crippen molar-refractivity contribution in [3.05, 3.63) is 58.1 Å². The number of halogens is 1. The monoisotopic (exact) mass is 521 g/mol. The van der Waals surface area contributed by atoms with Crippen LogP contribution in [0.25, 0.3) is 0 Å². The van der Waals surface area contributed by atoms with Gasteiger partial charge in [-0.1, -0.05) is 29.8 Å². The standard InChI is InChI=1S/C25H32ClN3O5S/c1-14-8-7-9-17(26)20(14)28-22(31)21(16-10-11-19(30)15(2)12-16)29(6)23(32)18(13-35)27-24(33)34-25(3,4)5/h7-12,18,21,30,35H,13H2,1-6H3,(H,27,33)(H,28,31). The van der Waals surface area contributed by atoms with Gasteiger partial charge in [-0.2, -0.15) is 12.6 Å². The number of carbonyl (C=O) groups is 3. The summed E-state index contributed by atoms with van der Waals surface area (Å²) in [6, 6.07) is 7.72. The van der Waals surface area contributed by atoms with E-state index in [1.807, 2.05) is 0 Å². The molecule has 0 aliphatic carbocycles. The number of anilines is 1. The molecule has 0 heterocycles. The van der Waals surface area contributed by atoms with E-state index in [2.05, 4.69) is 23.3 Å². The van der Waals surface area contributed by atoms with E-state index >= 15 is 0 Å². The number of alkyl carbamates (subject to hydrolysis) is 1. The molecule has 2 unspecified atom stereocenters. The Labute approximate surface area is 216 Å². The van der Waals surface area contributed by atoms with Crippen molar-refractivity contribution in [2.75, 3.05) is 18.1 Å². The van der Waals surface area contributed by atoms with E-state index in [9.17, 15) is 19.5 Å². The maximum absolute atomic E-state index is 13.5. The molecule has 35 heavy (non-hydrogen) atoms. The number of carbonyl (C=O) groups excluding carboxylic acids is 3. The van der Waals surface area contributed by atoms with Crippen molar-refractivity contribution >= 4 is 47.8 Å². The second kappa shape index (κ2) is 11.7. The van der Waals surface area contributed by atoms with Gasteiger partial charge in [-0.3, -0.25) is 9.59 Å². The number of phenols is 1. The minimum atomic E-state index is -1.10. The van der Waals surface area contributed by atoms with Gasteiger partial charge in [-0.05, 0) is 69.5 Å². The molecule has 0 spiro atoms. The fraction of sp³-hybridized carbons (Fsp3) is 0.400. The number of thiol groups is 1. The van der Waals surface area contributed by atoms with Gasteiger partial charge in [0.1, 0.15) is 23.4 Å².